The van der Waals surface area contributed by atoms with E-state index in [1.807, 2.05) is 55.5 Å². The molecule has 1 aliphatic carbocycles. The van der Waals surface area contributed by atoms with Crippen molar-refractivity contribution in [3.63, 3.8) is 0 Å². The first kappa shape index (κ1) is 22.0. The molecule has 2 aliphatic rings. The smallest absolute Gasteiger partial charge is 0.254 e. The van der Waals surface area contributed by atoms with Crippen molar-refractivity contribution in [2.24, 2.45) is 5.73 Å². The highest BCUT2D eigenvalue weighted by Crippen LogP contribution is 2.51. The van der Waals surface area contributed by atoms with Crippen LogP contribution in [0.2, 0.25) is 0 Å². The molecule has 0 aromatic heterocycles. The highest BCUT2D eigenvalue weighted by molar-refractivity contribution is 6.02. The standard InChI is InChI=1S/C27H27N3O4/c1-17-3-9-21(14-22(17)18-4-6-19(7-5-18)25(31)30(2)15-28)29-26(32)27(11-12-27)20-8-10-23-24(13-20)34-16-33-23/h3-10,13-14H,11-12,15-16,28H2,1-2H3,(H,29,32). The number of ether oxygens (including phenoxy) is 2. The van der Waals surface area contributed by atoms with E-state index in [4.69, 9.17) is 15.2 Å². The van der Waals surface area contributed by atoms with Crippen LogP contribution in [0.5, 0.6) is 11.5 Å². The molecule has 174 valence electrons. The molecule has 3 N–H and O–H groups in total. The Morgan fingerprint density at radius 3 is 2.44 bits per heavy atom. The fraction of sp³-hybridized carbons (Fsp3) is 0.259. The zero-order valence-corrected chi connectivity index (χ0v) is 19.3. The van der Waals surface area contributed by atoms with Gasteiger partial charge in [-0.15, -0.1) is 0 Å². The van der Waals surface area contributed by atoms with Crippen molar-refractivity contribution < 1.29 is 19.1 Å². The number of nitrogens with two attached hydrogens (primary N) is 1. The first-order chi connectivity index (χ1) is 16.4. The second-order valence-electron chi connectivity index (χ2n) is 8.90. The van der Waals surface area contributed by atoms with E-state index in [1.165, 1.54) is 4.90 Å². The predicted molar refractivity (Wildman–Crippen MR) is 130 cm³/mol. The minimum absolute atomic E-state index is 0.0214. The summed E-state index contributed by atoms with van der Waals surface area (Å²) < 4.78 is 10.9. The number of nitrogens with one attached hydrogen (secondary N) is 1. The van der Waals surface area contributed by atoms with Gasteiger partial charge in [-0.3, -0.25) is 9.59 Å². The number of fused-ring (bicyclic) bond motifs is 1. The third-order valence-electron chi connectivity index (χ3n) is 6.67. The molecule has 0 radical (unpaired) electrons. The molecule has 2 amide bonds. The van der Waals surface area contributed by atoms with E-state index in [2.05, 4.69) is 5.32 Å². The SMILES string of the molecule is Cc1ccc(NC(=O)C2(c3ccc4c(c3)OCO4)CC2)cc1-c1ccc(C(=O)N(C)CN)cc1. The lowest BCUT2D eigenvalue weighted by Gasteiger charge is -2.18. The Bertz CT molecular complexity index is 1270. The van der Waals surface area contributed by atoms with Gasteiger partial charge in [0.05, 0.1) is 12.1 Å². The van der Waals surface area contributed by atoms with Gasteiger partial charge < -0.3 is 25.4 Å². The van der Waals surface area contributed by atoms with E-state index in [9.17, 15) is 9.59 Å². The molecule has 0 unspecified atom stereocenters. The topological polar surface area (TPSA) is 93.9 Å². The molecular formula is C27H27N3O4. The molecule has 1 aliphatic heterocycles. The quantitative estimate of drug-likeness (QED) is 0.545. The van der Waals surface area contributed by atoms with E-state index in [0.717, 1.165) is 40.8 Å². The molecule has 0 spiro atoms. The molecule has 1 heterocycles. The van der Waals surface area contributed by atoms with Gasteiger partial charge in [0.25, 0.3) is 5.91 Å². The maximum absolute atomic E-state index is 13.3. The highest BCUT2D eigenvalue weighted by atomic mass is 16.7. The van der Waals surface area contributed by atoms with Crippen LogP contribution in [0.15, 0.2) is 60.7 Å². The summed E-state index contributed by atoms with van der Waals surface area (Å²) in [7, 11) is 1.67. The number of benzene rings is 3. The number of carbonyl (C=O) groups excluding carboxylic acids is 2. The number of hydrogen-bond donors (Lipinski definition) is 2. The van der Waals surface area contributed by atoms with Crippen LogP contribution >= 0.6 is 0 Å². The monoisotopic (exact) mass is 457 g/mol. The second kappa shape index (κ2) is 8.50. The van der Waals surface area contributed by atoms with Gasteiger partial charge >= 0.3 is 0 Å². The first-order valence-electron chi connectivity index (χ1n) is 11.3. The Morgan fingerprint density at radius 2 is 1.74 bits per heavy atom. The number of anilines is 1. The predicted octanol–water partition coefficient (Wildman–Crippen LogP) is 4.05. The summed E-state index contributed by atoms with van der Waals surface area (Å²) >= 11 is 0. The van der Waals surface area contributed by atoms with E-state index in [0.29, 0.717) is 17.1 Å². The van der Waals surface area contributed by atoms with Gasteiger partial charge in [-0.2, -0.15) is 0 Å². The number of aryl methyl sites for hydroxylation is 1. The van der Waals surface area contributed by atoms with Gasteiger partial charge in [0.1, 0.15) is 0 Å². The highest BCUT2D eigenvalue weighted by Gasteiger charge is 2.51. The Morgan fingerprint density at radius 1 is 1.00 bits per heavy atom. The van der Waals surface area contributed by atoms with Crippen molar-refractivity contribution in [2.75, 3.05) is 25.8 Å². The summed E-state index contributed by atoms with van der Waals surface area (Å²) in [4.78, 5) is 27.1. The molecule has 0 atom stereocenters. The van der Waals surface area contributed by atoms with E-state index in [1.54, 1.807) is 19.2 Å². The van der Waals surface area contributed by atoms with Crippen LogP contribution in [0.1, 0.15) is 34.3 Å². The fourth-order valence-corrected chi connectivity index (χ4v) is 4.32. The zero-order chi connectivity index (χ0) is 23.9. The molecule has 3 aromatic rings. The summed E-state index contributed by atoms with van der Waals surface area (Å²) in [5, 5.41) is 3.11. The Labute approximate surface area is 198 Å². The number of rotatable bonds is 6. The van der Waals surface area contributed by atoms with Crippen molar-refractivity contribution in [2.45, 2.75) is 25.2 Å². The fourth-order valence-electron chi connectivity index (χ4n) is 4.32. The largest absolute Gasteiger partial charge is 0.454 e. The van der Waals surface area contributed by atoms with Crippen LogP contribution in [0.25, 0.3) is 11.1 Å². The molecule has 0 saturated heterocycles. The van der Waals surface area contributed by atoms with Crippen molar-refractivity contribution in [3.05, 3.63) is 77.4 Å². The molecule has 5 rings (SSSR count). The third-order valence-corrected chi connectivity index (χ3v) is 6.67. The molecule has 34 heavy (non-hydrogen) atoms. The van der Waals surface area contributed by atoms with E-state index < -0.39 is 5.41 Å². The molecule has 7 heteroatoms. The Kier molecular flexibility index (Phi) is 5.49. The van der Waals surface area contributed by atoms with Gasteiger partial charge in [0.15, 0.2) is 11.5 Å². The summed E-state index contributed by atoms with van der Waals surface area (Å²) in [6, 6.07) is 19.1. The lowest BCUT2D eigenvalue weighted by molar-refractivity contribution is -0.118. The van der Waals surface area contributed by atoms with Crippen LogP contribution in [0, 0.1) is 6.92 Å². The van der Waals surface area contributed by atoms with Crippen LogP contribution in [-0.4, -0.2) is 37.2 Å². The van der Waals surface area contributed by atoms with Gasteiger partial charge in [0.2, 0.25) is 12.7 Å². The normalized spacial score (nSPS) is 15.0. The molecular weight excluding hydrogens is 430 g/mol. The Balaban J connectivity index is 1.36. The van der Waals surface area contributed by atoms with Crippen LogP contribution in [-0.2, 0) is 10.2 Å². The summed E-state index contributed by atoms with van der Waals surface area (Å²) in [5.41, 5.74) is 10.3. The van der Waals surface area contributed by atoms with Gasteiger partial charge in [-0.25, -0.2) is 0 Å². The van der Waals surface area contributed by atoms with Crippen molar-refractivity contribution in [1.29, 1.82) is 0 Å². The maximum Gasteiger partial charge on any atom is 0.254 e. The first-order valence-corrected chi connectivity index (χ1v) is 11.3. The van der Waals surface area contributed by atoms with Crippen molar-refractivity contribution >= 4 is 17.5 Å². The second-order valence-corrected chi connectivity index (χ2v) is 8.90. The molecule has 3 aromatic carbocycles. The van der Waals surface area contributed by atoms with E-state index in [-0.39, 0.29) is 25.3 Å². The van der Waals surface area contributed by atoms with Crippen LogP contribution in [0.3, 0.4) is 0 Å². The summed E-state index contributed by atoms with van der Waals surface area (Å²) in [6.45, 7) is 2.40. The number of carbonyl (C=O) groups is 2. The lowest BCUT2D eigenvalue weighted by Crippen LogP contribution is -2.32. The number of amides is 2. The zero-order valence-electron chi connectivity index (χ0n) is 19.3. The maximum atomic E-state index is 13.3. The van der Waals surface area contributed by atoms with Gasteiger partial charge in [0, 0.05) is 18.3 Å². The third kappa shape index (κ3) is 3.88. The average Bonchev–Trinajstić information content (AvgIpc) is 3.55. The number of hydrogen-bond acceptors (Lipinski definition) is 5. The molecule has 1 saturated carbocycles. The van der Waals surface area contributed by atoms with Gasteiger partial charge in [-0.1, -0.05) is 24.3 Å². The number of nitrogens with zero attached hydrogens (tertiary/aromatic N) is 1. The lowest BCUT2D eigenvalue weighted by atomic mass is 9.94. The average molecular weight is 458 g/mol. The van der Waals surface area contributed by atoms with Crippen molar-refractivity contribution in [3.8, 4) is 22.6 Å². The molecule has 7 nitrogen and oxygen atoms in total. The van der Waals surface area contributed by atoms with Gasteiger partial charge in [-0.05, 0) is 78.4 Å². The summed E-state index contributed by atoms with van der Waals surface area (Å²) in [6.07, 6.45) is 1.59. The molecule has 0 bridgehead atoms. The minimum atomic E-state index is -0.539. The van der Waals surface area contributed by atoms with Crippen LogP contribution in [0.4, 0.5) is 5.69 Å². The molecule has 1 fully saturated rings. The van der Waals surface area contributed by atoms with Crippen molar-refractivity contribution in [1.82, 2.24) is 4.90 Å². The van der Waals surface area contributed by atoms with Crippen LogP contribution < -0.4 is 20.5 Å². The van der Waals surface area contributed by atoms with E-state index >= 15 is 0 Å². The summed E-state index contributed by atoms with van der Waals surface area (Å²) in [5.74, 6) is 1.26. The Hall–Kier alpha value is -3.84. The minimum Gasteiger partial charge on any atom is -0.454 e.